The Balaban J connectivity index is 3.31. The van der Waals surface area contributed by atoms with Gasteiger partial charge in [0, 0.05) is 18.2 Å². The zero-order valence-corrected chi connectivity index (χ0v) is 4.50. The molecule has 0 amide bonds. The highest BCUT2D eigenvalue weighted by atomic mass is 16.3. The molecule has 0 aromatic heterocycles. The minimum Gasteiger partial charge on any atom is -0.508 e. The highest BCUT2D eigenvalue weighted by molar-refractivity contribution is 5.39. The fourth-order valence-corrected chi connectivity index (χ4v) is 0.525. The van der Waals surface area contributed by atoms with E-state index in [2.05, 4.69) is 0 Å². The lowest BCUT2D eigenvalue weighted by atomic mass is 10.3. The molecular formula is C6H6O3. The van der Waals surface area contributed by atoms with Crippen molar-refractivity contribution in [2.24, 2.45) is 0 Å². The largest absolute Gasteiger partial charge is 0.508 e. The van der Waals surface area contributed by atoms with Crippen LogP contribution in [-0.2, 0) is 0 Å². The molecule has 9 heavy (non-hydrogen) atoms. The molecule has 0 radical (unpaired) electrons. The highest BCUT2D eigenvalue weighted by Crippen LogP contribution is 2.23. The van der Waals surface area contributed by atoms with Crippen LogP contribution in [0.5, 0.6) is 17.2 Å². The van der Waals surface area contributed by atoms with Crippen molar-refractivity contribution in [1.82, 2.24) is 0 Å². The van der Waals surface area contributed by atoms with E-state index in [0.29, 0.717) is 0 Å². The van der Waals surface area contributed by atoms with E-state index in [0.717, 1.165) is 12.1 Å². The summed E-state index contributed by atoms with van der Waals surface area (Å²) in [6.07, 6.45) is 0. The van der Waals surface area contributed by atoms with E-state index in [1.165, 1.54) is 0 Å². The second-order valence-corrected chi connectivity index (χ2v) is 1.61. The summed E-state index contributed by atoms with van der Waals surface area (Å²) in [5.41, 5.74) is 0. The van der Waals surface area contributed by atoms with Gasteiger partial charge in [-0.05, 0) is 0 Å². The number of rotatable bonds is 0. The number of benzene rings is 1. The molecule has 0 aliphatic rings. The number of aromatic hydroxyl groups is 3. The van der Waals surface area contributed by atoms with Crippen LogP contribution in [-0.4, -0.2) is 15.3 Å². The lowest BCUT2D eigenvalue weighted by molar-refractivity contribution is 0.428. The van der Waals surface area contributed by atoms with E-state index in [4.69, 9.17) is 16.7 Å². The van der Waals surface area contributed by atoms with Gasteiger partial charge < -0.3 is 15.3 Å². The predicted molar refractivity (Wildman–Crippen MR) is 31.4 cm³/mol. The Kier molecular flexibility index (Phi) is 0.926. The average molecular weight is 127 g/mol. The number of phenols is 3. The van der Waals surface area contributed by atoms with E-state index in [1.54, 1.807) is 0 Å². The van der Waals surface area contributed by atoms with Crippen LogP contribution < -0.4 is 0 Å². The van der Waals surface area contributed by atoms with Gasteiger partial charge in [0.05, 0.1) is 1.37 Å². The summed E-state index contributed by atoms with van der Waals surface area (Å²) in [6, 6.07) is 1.60. The summed E-state index contributed by atoms with van der Waals surface area (Å²) in [7, 11) is 0. The Bertz CT molecular complexity index is 236. The van der Waals surface area contributed by atoms with Crippen molar-refractivity contribution in [1.29, 1.82) is 0 Å². The molecule has 0 unspecified atom stereocenters. The lowest BCUT2D eigenvalue weighted by Gasteiger charge is -1.94. The van der Waals surface area contributed by atoms with E-state index >= 15 is 0 Å². The van der Waals surface area contributed by atoms with Crippen molar-refractivity contribution < 1.29 is 16.7 Å². The lowest BCUT2D eigenvalue weighted by Crippen LogP contribution is -1.66. The maximum atomic E-state index is 8.77. The second kappa shape index (κ2) is 1.85. The zero-order valence-electron chi connectivity index (χ0n) is 5.50. The summed E-state index contributed by atoms with van der Waals surface area (Å²) in [5, 5.41) is 26.3. The van der Waals surface area contributed by atoms with Crippen LogP contribution in [0.3, 0.4) is 0 Å². The van der Waals surface area contributed by atoms with Gasteiger partial charge in [-0.25, -0.2) is 0 Å². The Morgan fingerprint density at radius 1 is 1.00 bits per heavy atom. The van der Waals surface area contributed by atoms with Crippen LogP contribution in [0, 0.1) is 0 Å². The van der Waals surface area contributed by atoms with E-state index in [-0.39, 0.29) is 11.8 Å². The molecule has 0 atom stereocenters. The minimum absolute atomic E-state index is 0.258. The molecule has 48 valence electrons. The van der Waals surface area contributed by atoms with Crippen molar-refractivity contribution in [3.63, 3.8) is 0 Å². The number of hydrogen-bond acceptors (Lipinski definition) is 3. The standard InChI is InChI=1S/C6H6O3/c7-4-1-5(8)3-6(9)2-4/h1-3,7-9H/i1D. The van der Waals surface area contributed by atoms with Crippen LogP contribution in [0.15, 0.2) is 18.2 Å². The molecule has 0 aliphatic carbocycles. The first-order valence-electron chi connectivity index (χ1n) is 2.83. The monoisotopic (exact) mass is 127 g/mol. The van der Waals surface area contributed by atoms with Gasteiger partial charge >= 0.3 is 0 Å². The van der Waals surface area contributed by atoms with Gasteiger partial charge in [0.15, 0.2) is 0 Å². The molecule has 1 aromatic carbocycles. The molecule has 0 spiro atoms. The quantitative estimate of drug-likeness (QED) is 0.483. The maximum Gasteiger partial charge on any atom is 0.122 e. The van der Waals surface area contributed by atoms with Gasteiger partial charge in [-0.15, -0.1) is 0 Å². The third-order valence-corrected chi connectivity index (χ3v) is 0.825. The Morgan fingerprint density at radius 2 is 1.44 bits per heavy atom. The fourth-order valence-electron chi connectivity index (χ4n) is 0.525. The summed E-state index contributed by atoms with van der Waals surface area (Å²) in [6.45, 7) is 0. The fraction of sp³-hybridized carbons (Fsp3) is 0. The van der Waals surface area contributed by atoms with Crippen LogP contribution in [0.1, 0.15) is 1.37 Å². The minimum atomic E-state index is -0.433. The van der Waals surface area contributed by atoms with Gasteiger partial charge in [0.25, 0.3) is 0 Å². The van der Waals surface area contributed by atoms with Crippen molar-refractivity contribution in [2.45, 2.75) is 0 Å². The summed E-state index contributed by atoms with van der Waals surface area (Å²) in [5.74, 6) is -1.12. The van der Waals surface area contributed by atoms with E-state index < -0.39 is 11.5 Å². The normalized spacial score (nSPS) is 10.9. The SMILES string of the molecule is [2H]c1c(O)cc(O)cc1O. The first kappa shape index (κ1) is 4.49. The smallest absolute Gasteiger partial charge is 0.122 e. The summed E-state index contributed by atoms with van der Waals surface area (Å²) < 4.78 is 6.93. The third-order valence-electron chi connectivity index (χ3n) is 0.825. The molecule has 1 aromatic rings. The molecular weight excluding hydrogens is 120 g/mol. The van der Waals surface area contributed by atoms with Gasteiger partial charge in [0.1, 0.15) is 17.2 Å². The third kappa shape index (κ3) is 1.25. The second-order valence-electron chi connectivity index (χ2n) is 1.61. The van der Waals surface area contributed by atoms with Gasteiger partial charge in [0.2, 0.25) is 0 Å². The van der Waals surface area contributed by atoms with E-state index in [9.17, 15) is 0 Å². The van der Waals surface area contributed by atoms with Crippen LogP contribution in [0.4, 0.5) is 0 Å². The van der Waals surface area contributed by atoms with Crippen LogP contribution in [0.25, 0.3) is 0 Å². The molecule has 0 fully saturated rings. The van der Waals surface area contributed by atoms with Crippen molar-refractivity contribution in [3.8, 4) is 17.2 Å². The summed E-state index contributed by atoms with van der Waals surface area (Å²) >= 11 is 0. The van der Waals surface area contributed by atoms with Crippen LogP contribution >= 0.6 is 0 Å². The Morgan fingerprint density at radius 3 is 1.89 bits per heavy atom. The Hall–Kier alpha value is -1.38. The molecule has 3 heteroatoms. The molecule has 0 bridgehead atoms. The van der Waals surface area contributed by atoms with Crippen molar-refractivity contribution in [3.05, 3.63) is 18.2 Å². The van der Waals surface area contributed by atoms with Gasteiger partial charge in [-0.3, -0.25) is 0 Å². The Labute approximate surface area is 53.2 Å². The zero-order chi connectivity index (χ0) is 7.72. The number of phenolic OH excluding ortho intramolecular Hbond substituents is 3. The molecule has 0 heterocycles. The maximum absolute atomic E-state index is 8.77. The van der Waals surface area contributed by atoms with Gasteiger partial charge in [-0.1, -0.05) is 0 Å². The average Bonchev–Trinajstić information content (AvgIpc) is 1.82. The highest BCUT2D eigenvalue weighted by Gasteiger charge is 1.94. The molecule has 3 N–H and O–H groups in total. The van der Waals surface area contributed by atoms with Crippen molar-refractivity contribution >= 4 is 0 Å². The first-order chi connectivity index (χ1) is 4.61. The van der Waals surface area contributed by atoms with Crippen molar-refractivity contribution in [2.75, 3.05) is 0 Å². The molecule has 3 nitrogen and oxygen atoms in total. The number of hydrogen-bond donors (Lipinski definition) is 3. The topological polar surface area (TPSA) is 60.7 Å². The molecule has 0 aliphatic heterocycles. The predicted octanol–water partition coefficient (Wildman–Crippen LogP) is 0.803. The molecule has 0 saturated heterocycles. The van der Waals surface area contributed by atoms with E-state index in [1.807, 2.05) is 0 Å². The summed E-state index contributed by atoms with van der Waals surface area (Å²) in [4.78, 5) is 0. The van der Waals surface area contributed by atoms with Crippen LogP contribution in [0.2, 0.25) is 0 Å². The first-order valence-corrected chi connectivity index (χ1v) is 2.33. The van der Waals surface area contributed by atoms with Gasteiger partial charge in [-0.2, -0.15) is 0 Å². The molecule has 1 rings (SSSR count). The molecule has 0 saturated carbocycles.